The maximum absolute atomic E-state index is 13.4. The van der Waals surface area contributed by atoms with E-state index in [2.05, 4.69) is 15.6 Å². The highest BCUT2D eigenvalue weighted by Crippen LogP contribution is 2.22. The molecule has 0 saturated heterocycles. The first-order valence-corrected chi connectivity index (χ1v) is 5.61. The summed E-state index contributed by atoms with van der Waals surface area (Å²) in [7, 11) is 0. The van der Waals surface area contributed by atoms with Crippen LogP contribution < -0.4 is 10.6 Å². The molecule has 0 amide bonds. The molecule has 0 saturated carbocycles. The number of pyridine rings is 1. The van der Waals surface area contributed by atoms with Crippen molar-refractivity contribution in [2.75, 3.05) is 17.2 Å². The van der Waals surface area contributed by atoms with Gasteiger partial charge in [0.05, 0.1) is 5.69 Å². The summed E-state index contributed by atoms with van der Waals surface area (Å²) in [6, 6.07) is 6.70. The third kappa shape index (κ3) is 2.94. The van der Waals surface area contributed by atoms with Crippen molar-refractivity contribution in [3.8, 4) is 0 Å². The van der Waals surface area contributed by atoms with Gasteiger partial charge in [-0.3, -0.25) is 0 Å². The van der Waals surface area contributed by atoms with Gasteiger partial charge in [-0.1, -0.05) is 0 Å². The molecule has 1 aromatic heterocycles. The van der Waals surface area contributed by atoms with Gasteiger partial charge in [0, 0.05) is 30.6 Å². The molecular weight excluding hydrogens is 236 g/mol. The van der Waals surface area contributed by atoms with E-state index in [1.807, 2.05) is 6.92 Å². The molecule has 1 aromatic carbocycles. The highest BCUT2D eigenvalue weighted by atomic mass is 19.1. The van der Waals surface area contributed by atoms with Crippen molar-refractivity contribution < 1.29 is 8.78 Å². The molecule has 0 unspecified atom stereocenters. The van der Waals surface area contributed by atoms with Gasteiger partial charge >= 0.3 is 0 Å². The number of nitrogens with one attached hydrogen (secondary N) is 2. The van der Waals surface area contributed by atoms with E-state index in [-0.39, 0.29) is 5.69 Å². The molecule has 1 heterocycles. The highest BCUT2D eigenvalue weighted by Gasteiger charge is 2.04. The lowest BCUT2D eigenvalue weighted by molar-refractivity contribution is 0.603. The SMILES string of the molecule is CCNc1cc(Nc2cc(F)ccc2F)ccn1. The third-order valence-corrected chi connectivity index (χ3v) is 2.33. The van der Waals surface area contributed by atoms with Crippen LogP contribution in [0.15, 0.2) is 36.5 Å². The first kappa shape index (κ1) is 12.3. The minimum absolute atomic E-state index is 0.101. The van der Waals surface area contributed by atoms with E-state index < -0.39 is 11.6 Å². The van der Waals surface area contributed by atoms with Gasteiger partial charge in [0.2, 0.25) is 0 Å². The summed E-state index contributed by atoms with van der Waals surface area (Å²) in [4.78, 5) is 4.09. The number of hydrogen-bond acceptors (Lipinski definition) is 3. The standard InChI is InChI=1S/C13H13F2N3/c1-2-16-13-8-10(5-6-17-13)18-12-7-9(14)3-4-11(12)15/h3-8H,2H2,1H3,(H2,16,17,18). The van der Waals surface area contributed by atoms with Crippen LogP contribution in [-0.2, 0) is 0 Å². The minimum atomic E-state index is -0.502. The molecule has 3 nitrogen and oxygen atoms in total. The molecule has 0 aliphatic carbocycles. The molecule has 94 valence electrons. The second kappa shape index (κ2) is 5.44. The van der Waals surface area contributed by atoms with Crippen molar-refractivity contribution in [1.29, 1.82) is 0 Å². The normalized spacial score (nSPS) is 10.2. The van der Waals surface area contributed by atoms with E-state index in [0.717, 1.165) is 24.7 Å². The topological polar surface area (TPSA) is 37.0 Å². The number of nitrogens with zero attached hydrogens (tertiary/aromatic N) is 1. The Balaban J connectivity index is 2.22. The van der Waals surface area contributed by atoms with E-state index in [9.17, 15) is 8.78 Å². The number of aromatic nitrogens is 1. The largest absolute Gasteiger partial charge is 0.370 e. The van der Waals surface area contributed by atoms with Crippen LogP contribution in [0.2, 0.25) is 0 Å². The number of hydrogen-bond donors (Lipinski definition) is 2. The molecule has 2 rings (SSSR count). The molecular formula is C13H13F2N3. The number of rotatable bonds is 4. The van der Waals surface area contributed by atoms with E-state index in [4.69, 9.17) is 0 Å². The number of anilines is 3. The van der Waals surface area contributed by atoms with Crippen molar-refractivity contribution in [2.45, 2.75) is 6.92 Å². The summed E-state index contributed by atoms with van der Waals surface area (Å²) in [6.45, 7) is 2.69. The summed E-state index contributed by atoms with van der Waals surface area (Å²) >= 11 is 0. The van der Waals surface area contributed by atoms with Crippen LogP contribution in [0.1, 0.15) is 6.92 Å². The molecule has 5 heteroatoms. The monoisotopic (exact) mass is 249 g/mol. The van der Waals surface area contributed by atoms with Gasteiger partial charge in [-0.25, -0.2) is 13.8 Å². The van der Waals surface area contributed by atoms with E-state index in [1.54, 1.807) is 18.3 Å². The maximum atomic E-state index is 13.4. The summed E-state index contributed by atoms with van der Waals surface area (Å²) in [5.41, 5.74) is 0.745. The van der Waals surface area contributed by atoms with Crippen molar-refractivity contribution in [3.63, 3.8) is 0 Å². The van der Waals surface area contributed by atoms with Crippen LogP contribution in [0.5, 0.6) is 0 Å². The second-order valence-electron chi connectivity index (χ2n) is 3.71. The first-order valence-electron chi connectivity index (χ1n) is 5.61. The molecule has 0 atom stereocenters. The average Bonchev–Trinajstić information content (AvgIpc) is 2.35. The van der Waals surface area contributed by atoms with Crippen LogP contribution >= 0.6 is 0 Å². The predicted molar refractivity (Wildman–Crippen MR) is 68.0 cm³/mol. The average molecular weight is 249 g/mol. The minimum Gasteiger partial charge on any atom is -0.370 e. The van der Waals surface area contributed by atoms with Crippen LogP contribution in [0.3, 0.4) is 0 Å². The van der Waals surface area contributed by atoms with Gasteiger partial charge in [0.1, 0.15) is 17.5 Å². The molecule has 18 heavy (non-hydrogen) atoms. The van der Waals surface area contributed by atoms with E-state index in [1.165, 1.54) is 0 Å². The lowest BCUT2D eigenvalue weighted by atomic mass is 10.2. The quantitative estimate of drug-likeness (QED) is 0.870. The summed E-state index contributed by atoms with van der Waals surface area (Å²) in [6.07, 6.45) is 1.59. The van der Waals surface area contributed by atoms with Gasteiger partial charge in [0.25, 0.3) is 0 Å². The van der Waals surface area contributed by atoms with Crippen molar-refractivity contribution in [3.05, 3.63) is 48.2 Å². The predicted octanol–water partition coefficient (Wildman–Crippen LogP) is 3.54. The Hall–Kier alpha value is -2.17. The molecule has 0 fully saturated rings. The van der Waals surface area contributed by atoms with Crippen LogP contribution in [-0.4, -0.2) is 11.5 Å². The lowest BCUT2D eigenvalue weighted by Crippen LogP contribution is -2.00. The fourth-order valence-electron chi connectivity index (χ4n) is 1.53. The highest BCUT2D eigenvalue weighted by molar-refractivity contribution is 5.62. The van der Waals surface area contributed by atoms with Gasteiger partial charge < -0.3 is 10.6 Å². The zero-order valence-electron chi connectivity index (χ0n) is 9.87. The fraction of sp³-hybridized carbons (Fsp3) is 0.154. The van der Waals surface area contributed by atoms with Crippen molar-refractivity contribution in [1.82, 2.24) is 4.98 Å². The van der Waals surface area contributed by atoms with Crippen molar-refractivity contribution >= 4 is 17.2 Å². The number of halogens is 2. The molecule has 2 aromatic rings. The Labute approximate surface area is 104 Å². The Kier molecular flexibility index (Phi) is 3.72. The van der Waals surface area contributed by atoms with Gasteiger partial charge in [-0.2, -0.15) is 0 Å². The summed E-state index contributed by atoms with van der Waals surface area (Å²) in [5.74, 6) is -0.308. The Morgan fingerprint density at radius 3 is 2.78 bits per heavy atom. The zero-order chi connectivity index (χ0) is 13.0. The van der Waals surface area contributed by atoms with Gasteiger partial charge in [-0.15, -0.1) is 0 Å². The summed E-state index contributed by atoms with van der Waals surface area (Å²) in [5, 5.41) is 5.86. The molecule has 2 N–H and O–H groups in total. The third-order valence-electron chi connectivity index (χ3n) is 2.33. The molecule has 0 aliphatic rings. The van der Waals surface area contributed by atoms with Crippen molar-refractivity contribution in [2.24, 2.45) is 0 Å². The zero-order valence-corrected chi connectivity index (χ0v) is 9.87. The molecule has 0 aliphatic heterocycles. The van der Waals surface area contributed by atoms with E-state index >= 15 is 0 Å². The second-order valence-corrected chi connectivity index (χ2v) is 3.71. The Bertz CT molecular complexity index is 544. The number of benzene rings is 1. The molecule has 0 spiro atoms. The van der Waals surface area contributed by atoms with Crippen LogP contribution in [0.4, 0.5) is 26.0 Å². The molecule has 0 radical (unpaired) electrons. The van der Waals surface area contributed by atoms with E-state index in [0.29, 0.717) is 11.5 Å². The summed E-state index contributed by atoms with van der Waals surface area (Å²) < 4.78 is 26.5. The van der Waals surface area contributed by atoms with Gasteiger partial charge in [-0.05, 0) is 25.1 Å². The van der Waals surface area contributed by atoms with Gasteiger partial charge in [0.15, 0.2) is 0 Å². The van der Waals surface area contributed by atoms with Crippen LogP contribution in [0.25, 0.3) is 0 Å². The Morgan fingerprint density at radius 2 is 2.00 bits per heavy atom. The maximum Gasteiger partial charge on any atom is 0.146 e. The molecule has 0 bridgehead atoms. The Morgan fingerprint density at radius 1 is 1.17 bits per heavy atom. The first-order chi connectivity index (χ1) is 8.69. The fourth-order valence-corrected chi connectivity index (χ4v) is 1.53. The van der Waals surface area contributed by atoms with Crippen LogP contribution in [0, 0.1) is 11.6 Å². The lowest BCUT2D eigenvalue weighted by Gasteiger charge is -2.09. The smallest absolute Gasteiger partial charge is 0.146 e.